The molecule has 1 spiro atoms. The second kappa shape index (κ2) is 5.96. The maximum absolute atomic E-state index is 12.7. The number of anilines is 1. The van der Waals surface area contributed by atoms with E-state index in [1.54, 1.807) is 12.1 Å². The highest BCUT2D eigenvalue weighted by atomic mass is 16.2. The fourth-order valence-corrected chi connectivity index (χ4v) is 4.30. The predicted octanol–water partition coefficient (Wildman–Crippen LogP) is 3.30. The van der Waals surface area contributed by atoms with E-state index in [1.807, 2.05) is 17.9 Å². The maximum Gasteiger partial charge on any atom is 0.322 e. The molecule has 128 valence electrons. The zero-order valence-corrected chi connectivity index (χ0v) is 14.5. The van der Waals surface area contributed by atoms with E-state index < -0.39 is 5.91 Å². The topological polar surface area (TPSA) is 75.4 Å². The number of nitrogens with two attached hydrogens (primary N) is 1. The zero-order valence-electron chi connectivity index (χ0n) is 14.5. The molecule has 0 bridgehead atoms. The van der Waals surface area contributed by atoms with Gasteiger partial charge in [-0.3, -0.25) is 4.79 Å². The number of primary amides is 1. The summed E-state index contributed by atoms with van der Waals surface area (Å²) in [5, 5.41) is 2.93. The van der Waals surface area contributed by atoms with Crippen LogP contribution in [0.25, 0.3) is 0 Å². The number of allylic oxidation sites excluding steroid dienone is 2. The van der Waals surface area contributed by atoms with Crippen LogP contribution in [0.2, 0.25) is 0 Å². The van der Waals surface area contributed by atoms with E-state index in [2.05, 4.69) is 31.3 Å². The molecule has 1 heterocycles. The van der Waals surface area contributed by atoms with Crippen LogP contribution < -0.4 is 11.1 Å². The van der Waals surface area contributed by atoms with Crippen molar-refractivity contribution in [2.75, 3.05) is 11.9 Å². The number of amides is 3. The molecule has 1 saturated heterocycles. The summed E-state index contributed by atoms with van der Waals surface area (Å²) in [5.74, 6) is -0.0859. The van der Waals surface area contributed by atoms with Crippen molar-refractivity contribution in [1.29, 1.82) is 0 Å². The van der Waals surface area contributed by atoms with Crippen LogP contribution in [0.15, 0.2) is 30.4 Å². The average Bonchev–Trinajstić information content (AvgIpc) is 2.94. The summed E-state index contributed by atoms with van der Waals surface area (Å²) < 4.78 is 0. The lowest BCUT2D eigenvalue weighted by atomic mass is 9.65. The quantitative estimate of drug-likeness (QED) is 0.836. The summed E-state index contributed by atoms with van der Waals surface area (Å²) in [6, 6.07) is 5.34. The van der Waals surface area contributed by atoms with Crippen molar-refractivity contribution in [3.8, 4) is 0 Å². The average molecular weight is 327 g/mol. The molecule has 1 atom stereocenters. The fraction of sp³-hybridized carbons (Fsp3) is 0.474. The highest BCUT2D eigenvalue weighted by Crippen LogP contribution is 2.50. The number of aryl methyl sites for hydroxylation is 1. The summed E-state index contributed by atoms with van der Waals surface area (Å²) in [7, 11) is 0. The first kappa shape index (κ1) is 16.6. The molecule has 0 aromatic heterocycles. The number of carbonyl (C=O) groups excluding carboxylic acids is 2. The van der Waals surface area contributed by atoms with Crippen LogP contribution in [0, 0.1) is 18.3 Å². The molecule has 3 amide bonds. The van der Waals surface area contributed by atoms with Crippen LogP contribution in [0.4, 0.5) is 10.5 Å². The van der Waals surface area contributed by atoms with Crippen LogP contribution >= 0.6 is 0 Å². The van der Waals surface area contributed by atoms with Gasteiger partial charge >= 0.3 is 6.03 Å². The molecule has 1 aromatic rings. The molecule has 3 rings (SSSR count). The standard InChI is InChI=1S/C19H25N3O2/c1-12(2)16-19(6-4-5-7-19)11-22(16)18(24)21-15-9-13(3)8-14(10-15)17(20)23/h4-5,8-10,12,16H,6-7,11H2,1-3H3,(H2,20,23)(H,21,24). The van der Waals surface area contributed by atoms with Crippen LogP contribution in [0.3, 0.4) is 0 Å². The lowest BCUT2D eigenvalue weighted by Crippen LogP contribution is -2.68. The number of urea groups is 1. The smallest absolute Gasteiger partial charge is 0.322 e. The van der Waals surface area contributed by atoms with Gasteiger partial charge in [-0.05, 0) is 49.4 Å². The number of nitrogens with zero attached hydrogens (tertiary/aromatic N) is 1. The van der Waals surface area contributed by atoms with Crippen molar-refractivity contribution in [1.82, 2.24) is 4.90 Å². The summed E-state index contributed by atoms with van der Waals surface area (Å²) in [6.07, 6.45) is 6.56. The number of benzene rings is 1. The maximum atomic E-state index is 12.7. The molecular formula is C19H25N3O2. The molecular weight excluding hydrogens is 302 g/mol. The number of nitrogens with one attached hydrogen (secondary N) is 1. The van der Waals surface area contributed by atoms with Gasteiger partial charge in [-0.1, -0.05) is 26.0 Å². The molecule has 1 fully saturated rings. The number of rotatable bonds is 3. The van der Waals surface area contributed by atoms with E-state index in [0.29, 0.717) is 17.2 Å². The van der Waals surface area contributed by atoms with Gasteiger partial charge in [0.25, 0.3) is 0 Å². The molecule has 3 N–H and O–H groups in total. The van der Waals surface area contributed by atoms with Crippen molar-refractivity contribution in [3.05, 3.63) is 41.5 Å². The Bertz CT molecular complexity index is 701. The molecule has 0 radical (unpaired) electrons. The van der Waals surface area contributed by atoms with Gasteiger partial charge < -0.3 is 16.0 Å². The second-order valence-electron chi connectivity index (χ2n) is 7.44. The second-order valence-corrected chi connectivity index (χ2v) is 7.44. The first-order valence-electron chi connectivity index (χ1n) is 8.46. The minimum atomic E-state index is -0.491. The highest BCUT2D eigenvalue weighted by molar-refractivity contribution is 5.96. The van der Waals surface area contributed by atoms with Gasteiger partial charge in [0, 0.05) is 29.3 Å². The minimum absolute atomic E-state index is 0.104. The van der Waals surface area contributed by atoms with E-state index in [9.17, 15) is 9.59 Å². The first-order chi connectivity index (χ1) is 11.3. The molecule has 1 unspecified atom stereocenters. The SMILES string of the molecule is Cc1cc(NC(=O)N2CC3(CC=CC3)C2C(C)C)cc(C(N)=O)c1. The van der Waals surface area contributed by atoms with E-state index in [-0.39, 0.29) is 17.5 Å². The van der Waals surface area contributed by atoms with Gasteiger partial charge in [-0.15, -0.1) is 0 Å². The molecule has 1 aliphatic heterocycles. The largest absolute Gasteiger partial charge is 0.366 e. The third-order valence-corrected chi connectivity index (χ3v) is 5.17. The van der Waals surface area contributed by atoms with E-state index in [1.165, 1.54) is 0 Å². The van der Waals surface area contributed by atoms with Gasteiger partial charge in [0.15, 0.2) is 0 Å². The minimum Gasteiger partial charge on any atom is -0.366 e. The molecule has 0 saturated carbocycles. The van der Waals surface area contributed by atoms with E-state index in [0.717, 1.165) is 24.9 Å². The lowest BCUT2D eigenvalue weighted by Gasteiger charge is -2.58. The molecule has 5 nitrogen and oxygen atoms in total. The number of carbonyl (C=O) groups is 2. The Balaban J connectivity index is 1.75. The Kier molecular flexibility index (Phi) is 4.11. The van der Waals surface area contributed by atoms with Gasteiger partial charge in [0.05, 0.1) is 0 Å². The lowest BCUT2D eigenvalue weighted by molar-refractivity contribution is -0.0538. The van der Waals surface area contributed by atoms with Gasteiger partial charge in [-0.25, -0.2) is 4.79 Å². The Hall–Kier alpha value is -2.30. The Morgan fingerprint density at radius 3 is 2.50 bits per heavy atom. The number of hydrogen-bond donors (Lipinski definition) is 2. The third-order valence-electron chi connectivity index (χ3n) is 5.17. The van der Waals surface area contributed by atoms with Crippen molar-refractivity contribution in [3.63, 3.8) is 0 Å². The number of likely N-dealkylation sites (tertiary alicyclic amines) is 1. The van der Waals surface area contributed by atoms with Gasteiger partial charge in [-0.2, -0.15) is 0 Å². The Labute approximate surface area is 142 Å². The normalized spacial score (nSPS) is 21.2. The molecule has 2 aliphatic rings. The zero-order chi connectivity index (χ0) is 17.5. The third kappa shape index (κ3) is 2.79. The molecule has 24 heavy (non-hydrogen) atoms. The molecule has 1 aliphatic carbocycles. The van der Waals surface area contributed by atoms with E-state index >= 15 is 0 Å². The van der Waals surface area contributed by atoms with Crippen molar-refractivity contribution in [2.45, 2.75) is 39.7 Å². The van der Waals surface area contributed by atoms with Gasteiger partial charge in [0.2, 0.25) is 5.91 Å². The van der Waals surface area contributed by atoms with Crippen LogP contribution in [0.5, 0.6) is 0 Å². The molecule has 5 heteroatoms. The van der Waals surface area contributed by atoms with Crippen LogP contribution in [-0.4, -0.2) is 29.4 Å². The monoisotopic (exact) mass is 327 g/mol. The van der Waals surface area contributed by atoms with Crippen molar-refractivity contribution < 1.29 is 9.59 Å². The van der Waals surface area contributed by atoms with Crippen molar-refractivity contribution in [2.24, 2.45) is 17.1 Å². The highest BCUT2D eigenvalue weighted by Gasteiger charge is 2.55. The van der Waals surface area contributed by atoms with Crippen molar-refractivity contribution >= 4 is 17.6 Å². The fourth-order valence-electron chi connectivity index (χ4n) is 4.30. The molecule has 1 aromatic carbocycles. The Morgan fingerprint density at radius 2 is 1.92 bits per heavy atom. The predicted molar refractivity (Wildman–Crippen MR) is 94.9 cm³/mol. The summed E-state index contributed by atoms with van der Waals surface area (Å²) in [4.78, 5) is 26.0. The van der Waals surface area contributed by atoms with Crippen LogP contribution in [0.1, 0.15) is 42.6 Å². The summed E-state index contributed by atoms with van der Waals surface area (Å²) in [6.45, 7) is 7.00. The van der Waals surface area contributed by atoms with E-state index in [4.69, 9.17) is 5.73 Å². The first-order valence-corrected chi connectivity index (χ1v) is 8.46. The summed E-state index contributed by atoms with van der Waals surface area (Å²) in [5.41, 5.74) is 7.48. The van der Waals surface area contributed by atoms with Crippen LogP contribution in [-0.2, 0) is 0 Å². The summed E-state index contributed by atoms with van der Waals surface area (Å²) >= 11 is 0. The Morgan fingerprint density at radius 1 is 1.25 bits per heavy atom. The van der Waals surface area contributed by atoms with Gasteiger partial charge in [0.1, 0.15) is 0 Å². The number of hydrogen-bond acceptors (Lipinski definition) is 2.